The topological polar surface area (TPSA) is 110 Å². The normalized spacial score (nSPS) is 22.4. The Morgan fingerprint density at radius 3 is 2.61 bits per heavy atom. The van der Waals surface area contributed by atoms with Gasteiger partial charge >= 0.3 is 0 Å². The smallest absolute Gasteiger partial charge is 0.237 e. The van der Waals surface area contributed by atoms with Crippen molar-refractivity contribution in [2.24, 2.45) is 5.73 Å². The molecule has 0 aliphatic carbocycles. The predicted octanol–water partition coefficient (Wildman–Crippen LogP) is -1.90. The van der Waals surface area contributed by atoms with E-state index < -0.39 is 15.7 Å². The Labute approximate surface area is 107 Å². The first-order chi connectivity index (χ1) is 8.34. The largest absolute Gasteiger partial charge is 0.368 e. The maximum Gasteiger partial charge on any atom is 0.237 e. The van der Waals surface area contributed by atoms with Gasteiger partial charge in [-0.3, -0.25) is 9.59 Å². The highest BCUT2D eigenvalue weighted by atomic mass is 32.2. The zero-order chi connectivity index (χ0) is 13.8. The molecule has 1 fully saturated rings. The minimum Gasteiger partial charge on any atom is -0.368 e. The van der Waals surface area contributed by atoms with Crippen LogP contribution < -0.4 is 11.1 Å². The van der Waals surface area contributed by atoms with Crippen LogP contribution in [0.25, 0.3) is 0 Å². The van der Waals surface area contributed by atoms with Gasteiger partial charge < -0.3 is 16.0 Å². The van der Waals surface area contributed by atoms with Crippen LogP contribution in [-0.2, 0) is 19.4 Å². The highest BCUT2D eigenvalue weighted by Gasteiger charge is 2.27. The van der Waals surface area contributed by atoms with E-state index in [0.29, 0.717) is 13.1 Å². The van der Waals surface area contributed by atoms with Crippen molar-refractivity contribution in [3.8, 4) is 0 Å². The fourth-order valence-corrected chi connectivity index (χ4v) is 3.35. The molecule has 1 atom stereocenters. The molecular formula is C10H19N3O4S. The number of carbonyl (C=O) groups is 2. The molecule has 7 nitrogen and oxygen atoms in total. The Kier molecular flexibility index (Phi) is 5.09. The van der Waals surface area contributed by atoms with Crippen LogP contribution in [0.1, 0.15) is 13.3 Å². The lowest BCUT2D eigenvalue weighted by Gasteiger charge is -2.26. The molecule has 1 aliphatic rings. The van der Waals surface area contributed by atoms with Crippen molar-refractivity contribution in [1.29, 1.82) is 0 Å². The van der Waals surface area contributed by atoms with Crippen LogP contribution in [0.15, 0.2) is 0 Å². The van der Waals surface area contributed by atoms with Crippen molar-refractivity contribution >= 4 is 21.7 Å². The molecule has 0 bridgehead atoms. The first-order valence-electron chi connectivity index (χ1n) is 5.84. The molecule has 18 heavy (non-hydrogen) atoms. The van der Waals surface area contributed by atoms with Gasteiger partial charge in [0.15, 0.2) is 9.84 Å². The van der Waals surface area contributed by atoms with Gasteiger partial charge in [-0.15, -0.1) is 0 Å². The van der Waals surface area contributed by atoms with Gasteiger partial charge in [-0.2, -0.15) is 0 Å². The molecule has 1 aliphatic heterocycles. The van der Waals surface area contributed by atoms with E-state index in [4.69, 9.17) is 5.73 Å². The summed E-state index contributed by atoms with van der Waals surface area (Å²) in [7, 11) is -3.06. The SMILES string of the molecule is CCN(CC(N)=O)C(=O)CC1CS(=O)(=O)CCN1. The second-order valence-corrected chi connectivity index (χ2v) is 6.57. The Morgan fingerprint density at radius 1 is 1.44 bits per heavy atom. The van der Waals surface area contributed by atoms with E-state index >= 15 is 0 Å². The molecule has 0 aromatic heterocycles. The summed E-state index contributed by atoms with van der Waals surface area (Å²) in [6.45, 7) is 2.35. The van der Waals surface area contributed by atoms with Crippen molar-refractivity contribution in [3.63, 3.8) is 0 Å². The fraction of sp³-hybridized carbons (Fsp3) is 0.800. The molecule has 0 aromatic rings. The third-order valence-electron chi connectivity index (χ3n) is 2.80. The Hall–Kier alpha value is -1.15. The fourth-order valence-electron chi connectivity index (χ4n) is 1.90. The van der Waals surface area contributed by atoms with Crippen molar-refractivity contribution in [2.45, 2.75) is 19.4 Å². The van der Waals surface area contributed by atoms with Crippen molar-refractivity contribution in [3.05, 3.63) is 0 Å². The van der Waals surface area contributed by atoms with E-state index in [9.17, 15) is 18.0 Å². The number of nitrogens with two attached hydrogens (primary N) is 1. The molecule has 1 rings (SSSR count). The first kappa shape index (κ1) is 14.9. The number of sulfone groups is 1. The lowest BCUT2D eigenvalue weighted by atomic mass is 10.2. The quantitative estimate of drug-likeness (QED) is 0.610. The molecular weight excluding hydrogens is 258 g/mol. The molecule has 1 unspecified atom stereocenters. The number of nitrogens with one attached hydrogen (secondary N) is 1. The van der Waals surface area contributed by atoms with E-state index in [-0.39, 0.29) is 36.4 Å². The second kappa shape index (κ2) is 6.14. The average molecular weight is 277 g/mol. The van der Waals surface area contributed by atoms with Gasteiger partial charge in [0.25, 0.3) is 0 Å². The molecule has 8 heteroatoms. The standard InChI is InChI=1S/C10H19N3O4S/c1-2-13(6-9(11)14)10(15)5-8-7-18(16,17)4-3-12-8/h8,12H,2-7H2,1H3,(H2,11,14). The predicted molar refractivity (Wildman–Crippen MR) is 66.5 cm³/mol. The van der Waals surface area contributed by atoms with Gasteiger partial charge in [0.1, 0.15) is 0 Å². The van der Waals surface area contributed by atoms with Crippen LogP contribution in [-0.4, -0.2) is 62.3 Å². The minimum atomic E-state index is -3.06. The molecule has 1 heterocycles. The zero-order valence-corrected chi connectivity index (χ0v) is 11.2. The first-order valence-corrected chi connectivity index (χ1v) is 7.66. The average Bonchev–Trinajstić information content (AvgIpc) is 2.23. The van der Waals surface area contributed by atoms with Gasteiger partial charge in [-0.05, 0) is 6.92 Å². The number of hydrogen-bond donors (Lipinski definition) is 2. The summed E-state index contributed by atoms with van der Waals surface area (Å²) in [5.74, 6) is -0.760. The Bertz CT molecular complexity index is 421. The van der Waals surface area contributed by atoms with Crippen molar-refractivity contribution in [1.82, 2.24) is 10.2 Å². The Balaban J connectivity index is 2.55. The van der Waals surface area contributed by atoms with Gasteiger partial charge in [0, 0.05) is 25.6 Å². The number of likely N-dealkylation sites (N-methyl/N-ethyl adjacent to an activating group) is 1. The molecule has 0 spiro atoms. The van der Waals surface area contributed by atoms with Crippen LogP contribution in [0.2, 0.25) is 0 Å². The van der Waals surface area contributed by atoms with E-state index in [0.717, 1.165) is 0 Å². The molecule has 3 N–H and O–H groups in total. The minimum absolute atomic E-state index is 0.0349. The molecule has 1 saturated heterocycles. The molecule has 2 amide bonds. The van der Waals surface area contributed by atoms with Gasteiger partial charge in [-0.25, -0.2) is 8.42 Å². The van der Waals surface area contributed by atoms with E-state index in [1.165, 1.54) is 4.90 Å². The molecule has 0 aromatic carbocycles. The number of rotatable bonds is 5. The third kappa shape index (κ3) is 4.61. The summed E-state index contributed by atoms with van der Waals surface area (Å²) in [5.41, 5.74) is 5.04. The maximum atomic E-state index is 11.9. The van der Waals surface area contributed by atoms with Gasteiger partial charge in [-0.1, -0.05) is 0 Å². The Morgan fingerprint density at radius 2 is 2.11 bits per heavy atom. The van der Waals surface area contributed by atoms with Crippen LogP contribution in [0, 0.1) is 0 Å². The monoisotopic (exact) mass is 277 g/mol. The van der Waals surface area contributed by atoms with Crippen LogP contribution in [0.4, 0.5) is 0 Å². The summed E-state index contributed by atoms with van der Waals surface area (Å²) in [6.07, 6.45) is 0.0698. The van der Waals surface area contributed by atoms with Gasteiger partial charge in [0.05, 0.1) is 18.1 Å². The van der Waals surface area contributed by atoms with Gasteiger partial charge in [0.2, 0.25) is 11.8 Å². The molecule has 104 valence electrons. The van der Waals surface area contributed by atoms with Crippen LogP contribution >= 0.6 is 0 Å². The molecule has 0 saturated carbocycles. The van der Waals surface area contributed by atoms with Crippen molar-refractivity contribution < 1.29 is 18.0 Å². The summed E-state index contributed by atoms with van der Waals surface area (Å²) in [6, 6.07) is -0.377. The third-order valence-corrected chi connectivity index (χ3v) is 4.54. The number of primary amides is 1. The summed E-state index contributed by atoms with van der Waals surface area (Å²) in [5, 5.41) is 3.00. The number of nitrogens with zero attached hydrogens (tertiary/aromatic N) is 1. The number of hydrogen-bond acceptors (Lipinski definition) is 5. The van der Waals surface area contributed by atoms with Crippen LogP contribution in [0.3, 0.4) is 0 Å². The van der Waals surface area contributed by atoms with E-state index in [1.807, 2.05) is 0 Å². The number of amides is 2. The van der Waals surface area contributed by atoms with E-state index in [2.05, 4.69) is 5.32 Å². The highest BCUT2D eigenvalue weighted by Crippen LogP contribution is 2.07. The lowest BCUT2D eigenvalue weighted by molar-refractivity contribution is -0.135. The summed E-state index contributed by atoms with van der Waals surface area (Å²) >= 11 is 0. The van der Waals surface area contributed by atoms with Crippen LogP contribution in [0.5, 0.6) is 0 Å². The maximum absolute atomic E-state index is 11.9. The molecule has 0 radical (unpaired) electrons. The summed E-state index contributed by atoms with van der Waals surface area (Å²) in [4.78, 5) is 24.0. The number of carbonyl (C=O) groups excluding carboxylic acids is 2. The zero-order valence-electron chi connectivity index (χ0n) is 10.4. The lowest BCUT2D eigenvalue weighted by Crippen LogP contribution is -2.48. The second-order valence-electron chi connectivity index (χ2n) is 4.34. The highest BCUT2D eigenvalue weighted by molar-refractivity contribution is 7.91. The van der Waals surface area contributed by atoms with E-state index in [1.54, 1.807) is 6.92 Å². The summed E-state index contributed by atoms with van der Waals surface area (Å²) < 4.78 is 22.8. The van der Waals surface area contributed by atoms with Crippen molar-refractivity contribution in [2.75, 3.05) is 31.1 Å².